The van der Waals surface area contributed by atoms with Crippen LogP contribution in [0, 0.1) is 0 Å². The van der Waals surface area contributed by atoms with Crippen LogP contribution in [0.2, 0.25) is 0 Å². The van der Waals surface area contributed by atoms with Gasteiger partial charge in [-0.1, -0.05) is 19.1 Å². The number of amides is 2. The first-order chi connectivity index (χ1) is 11.1. The van der Waals surface area contributed by atoms with Crippen LogP contribution in [0.3, 0.4) is 0 Å². The van der Waals surface area contributed by atoms with Gasteiger partial charge in [0.05, 0.1) is 0 Å². The van der Waals surface area contributed by atoms with Gasteiger partial charge >= 0.3 is 0 Å². The highest BCUT2D eigenvalue weighted by atomic mass is 16.5. The summed E-state index contributed by atoms with van der Waals surface area (Å²) in [6.45, 7) is 2.21. The third kappa shape index (κ3) is 5.06. The summed E-state index contributed by atoms with van der Waals surface area (Å²) >= 11 is 0. The molecule has 0 aliphatic heterocycles. The molecule has 1 aromatic carbocycles. The Kier molecular flexibility index (Phi) is 5.61. The monoisotopic (exact) mass is 318 g/mol. The third-order valence-corrected chi connectivity index (χ3v) is 3.01. The molecule has 9 heteroatoms. The van der Waals surface area contributed by atoms with Crippen molar-refractivity contribution in [1.82, 2.24) is 25.5 Å². The van der Waals surface area contributed by atoms with Gasteiger partial charge in [-0.15, -0.1) is 5.10 Å². The van der Waals surface area contributed by atoms with E-state index >= 15 is 0 Å². The predicted molar refractivity (Wildman–Crippen MR) is 80.2 cm³/mol. The zero-order chi connectivity index (χ0) is 16.7. The second-order valence-electron chi connectivity index (χ2n) is 4.78. The van der Waals surface area contributed by atoms with Crippen molar-refractivity contribution in [3.05, 3.63) is 35.7 Å². The van der Waals surface area contributed by atoms with Gasteiger partial charge in [0, 0.05) is 13.0 Å². The summed E-state index contributed by atoms with van der Waals surface area (Å²) in [4.78, 5) is 22.5. The quantitative estimate of drug-likeness (QED) is 0.670. The molecule has 0 fully saturated rings. The van der Waals surface area contributed by atoms with Crippen LogP contribution < -0.4 is 15.8 Å². The Hall–Kier alpha value is -2.97. The van der Waals surface area contributed by atoms with Gasteiger partial charge in [0.25, 0.3) is 5.91 Å². The molecule has 0 saturated heterocycles. The Bertz CT molecular complexity index is 667. The van der Waals surface area contributed by atoms with Crippen molar-refractivity contribution in [2.45, 2.75) is 26.4 Å². The van der Waals surface area contributed by atoms with E-state index in [2.05, 4.69) is 20.8 Å². The lowest BCUT2D eigenvalue weighted by Gasteiger charge is -2.07. The van der Waals surface area contributed by atoms with E-state index in [1.54, 1.807) is 24.3 Å². The Labute approximate surface area is 132 Å². The fourth-order valence-electron chi connectivity index (χ4n) is 1.85. The number of nitrogens with one attached hydrogen (secondary N) is 1. The molecule has 1 heterocycles. The van der Waals surface area contributed by atoms with Gasteiger partial charge in [-0.2, -0.15) is 0 Å². The fraction of sp³-hybridized carbons (Fsp3) is 0.357. The SMILES string of the molecule is CCc1nnnn1CC(=O)NCc1ccc(OCC(N)=O)cc1. The van der Waals surface area contributed by atoms with Crippen LogP contribution in [-0.2, 0) is 29.1 Å². The maximum Gasteiger partial charge on any atom is 0.255 e. The van der Waals surface area contributed by atoms with E-state index < -0.39 is 5.91 Å². The molecule has 0 bridgehead atoms. The molecule has 3 N–H and O–H groups in total. The molecule has 0 saturated carbocycles. The Morgan fingerprint density at radius 1 is 1.30 bits per heavy atom. The van der Waals surface area contributed by atoms with Crippen molar-refractivity contribution in [2.24, 2.45) is 5.73 Å². The van der Waals surface area contributed by atoms with Crippen LogP contribution in [0.25, 0.3) is 0 Å². The van der Waals surface area contributed by atoms with Crippen LogP contribution in [0.5, 0.6) is 5.75 Å². The summed E-state index contributed by atoms with van der Waals surface area (Å²) in [5.41, 5.74) is 5.90. The van der Waals surface area contributed by atoms with E-state index in [-0.39, 0.29) is 19.1 Å². The van der Waals surface area contributed by atoms with Crippen molar-refractivity contribution in [3.8, 4) is 5.75 Å². The number of primary amides is 1. The molecule has 0 atom stereocenters. The second kappa shape index (κ2) is 7.87. The lowest BCUT2D eigenvalue weighted by molar-refractivity contribution is -0.122. The number of aromatic nitrogens is 4. The minimum atomic E-state index is -0.532. The summed E-state index contributed by atoms with van der Waals surface area (Å²) in [7, 11) is 0. The standard InChI is InChI=1S/C14H18N6O3/c1-2-13-17-18-19-20(13)8-14(22)16-7-10-3-5-11(6-4-10)23-9-12(15)21/h3-6H,2,7-9H2,1H3,(H2,15,21)(H,16,22). The van der Waals surface area contributed by atoms with E-state index in [0.29, 0.717) is 24.5 Å². The number of hydrogen-bond donors (Lipinski definition) is 2. The normalized spacial score (nSPS) is 10.3. The third-order valence-electron chi connectivity index (χ3n) is 3.01. The summed E-state index contributed by atoms with van der Waals surface area (Å²) in [6.07, 6.45) is 0.660. The van der Waals surface area contributed by atoms with E-state index in [9.17, 15) is 9.59 Å². The molecular weight excluding hydrogens is 300 g/mol. The van der Waals surface area contributed by atoms with Crippen LogP contribution in [0.1, 0.15) is 18.3 Å². The van der Waals surface area contributed by atoms with Gasteiger partial charge in [-0.3, -0.25) is 9.59 Å². The average molecular weight is 318 g/mol. The molecule has 0 spiro atoms. The lowest BCUT2D eigenvalue weighted by Crippen LogP contribution is -2.28. The summed E-state index contributed by atoms with van der Waals surface area (Å²) in [5, 5.41) is 13.9. The molecule has 0 unspecified atom stereocenters. The number of aryl methyl sites for hydroxylation is 1. The second-order valence-corrected chi connectivity index (χ2v) is 4.78. The Balaban J connectivity index is 1.81. The molecule has 9 nitrogen and oxygen atoms in total. The van der Waals surface area contributed by atoms with Crippen LogP contribution in [-0.4, -0.2) is 38.6 Å². The highest BCUT2D eigenvalue weighted by Gasteiger charge is 2.08. The van der Waals surface area contributed by atoms with E-state index in [0.717, 1.165) is 5.56 Å². The summed E-state index contributed by atoms with van der Waals surface area (Å²) < 4.78 is 6.62. The van der Waals surface area contributed by atoms with Gasteiger partial charge in [-0.25, -0.2) is 4.68 Å². The Morgan fingerprint density at radius 3 is 2.70 bits per heavy atom. The van der Waals surface area contributed by atoms with Crippen molar-refractivity contribution in [3.63, 3.8) is 0 Å². The maximum atomic E-state index is 11.9. The van der Waals surface area contributed by atoms with Crippen LogP contribution in [0.4, 0.5) is 0 Å². The highest BCUT2D eigenvalue weighted by Crippen LogP contribution is 2.11. The van der Waals surface area contributed by atoms with E-state index in [4.69, 9.17) is 10.5 Å². The zero-order valence-corrected chi connectivity index (χ0v) is 12.7. The number of tetrazole rings is 1. The number of hydrogen-bond acceptors (Lipinski definition) is 6. The molecule has 2 aromatic rings. The van der Waals surface area contributed by atoms with Crippen molar-refractivity contribution in [2.75, 3.05) is 6.61 Å². The van der Waals surface area contributed by atoms with Gasteiger partial charge in [0.15, 0.2) is 12.4 Å². The summed E-state index contributed by atoms with van der Waals surface area (Å²) in [6, 6.07) is 7.01. The molecule has 0 radical (unpaired) electrons. The van der Waals surface area contributed by atoms with E-state index in [1.165, 1.54) is 4.68 Å². The molecule has 0 aliphatic rings. The smallest absolute Gasteiger partial charge is 0.255 e. The van der Waals surface area contributed by atoms with Crippen LogP contribution in [0.15, 0.2) is 24.3 Å². The first kappa shape index (κ1) is 16.4. The van der Waals surface area contributed by atoms with Gasteiger partial charge in [0.1, 0.15) is 12.3 Å². The zero-order valence-electron chi connectivity index (χ0n) is 12.7. The van der Waals surface area contributed by atoms with Gasteiger partial charge in [0.2, 0.25) is 5.91 Å². The summed E-state index contributed by atoms with van der Waals surface area (Å²) in [5.74, 6) is 0.493. The molecule has 0 aliphatic carbocycles. The number of nitrogens with two attached hydrogens (primary N) is 1. The topological polar surface area (TPSA) is 125 Å². The van der Waals surface area contributed by atoms with Gasteiger partial charge < -0.3 is 15.8 Å². The van der Waals surface area contributed by atoms with Crippen LogP contribution >= 0.6 is 0 Å². The first-order valence-corrected chi connectivity index (χ1v) is 7.10. The van der Waals surface area contributed by atoms with Crippen molar-refractivity contribution < 1.29 is 14.3 Å². The van der Waals surface area contributed by atoms with Gasteiger partial charge in [-0.05, 0) is 28.1 Å². The molecule has 2 amide bonds. The molecule has 23 heavy (non-hydrogen) atoms. The molecule has 122 valence electrons. The largest absolute Gasteiger partial charge is 0.484 e. The molecule has 2 rings (SSSR count). The number of carbonyl (C=O) groups is 2. The number of benzene rings is 1. The first-order valence-electron chi connectivity index (χ1n) is 7.10. The average Bonchev–Trinajstić information content (AvgIpc) is 2.99. The van der Waals surface area contributed by atoms with E-state index in [1.807, 2.05) is 6.92 Å². The highest BCUT2D eigenvalue weighted by molar-refractivity contribution is 5.75. The minimum absolute atomic E-state index is 0.0793. The fourth-order valence-corrected chi connectivity index (χ4v) is 1.85. The molecular formula is C14H18N6O3. The lowest BCUT2D eigenvalue weighted by atomic mass is 10.2. The van der Waals surface area contributed by atoms with Crippen molar-refractivity contribution in [1.29, 1.82) is 0 Å². The number of ether oxygens (including phenoxy) is 1. The van der Waals surface area contributed by atoms with Crippen molar-refractivity contribution >= 4 is 11.8 Å². The number of rotatable bonds is 8. The number of carbonyl (C=O) groups excluding carboxylic acids is 2. The Morgan fingerprint density at radius 2 is 2.04 bits per heavy atom. The maximum absolute atomic E-state index is 11.9. The predicted octanol–water partition coefficient (Wildman–Crippen LogP) is -0.584. The minimum Gasteiger partial charge on any atom is -0.484 e. The molecule has 1 aromatic heterocycles. The number of nitrogens with zero attached hydrogens (tertiary/aromatic N) is 4.